The predicted octanol–water partition coefficient (Wildman–Crippen LogP) is 1.88. The largest absolute Gasteiger partial charge is 0.494 e. The van der Waals surface area contributed by atoms with Gasteiger partial charge in [-0.15, -0.1) is 0 Å². The molecule has 2 heteroatoms. The van der Waals surface area contributed by atoms with Crippen LogP contribution in [-0.2, 0) is 9.47 Å². The van der Waals surface area contributed by atoms with E-state index in [1.54, 1.807) is 6.26 Å². The molecule has 66 valence electrons. The molecule has 2 atom stereocenters. The Morgan fingerprint density at radius 1 is 1.25 bits per heavy atom. The Morgan fingerprint density at radius 2 is 2.25 bits per heavy atom. The lowest BCUT2D eigenvalue weighted by molar-refractivity contribution is 0.00173. The van der Waals surface area contributed by atoms with Gasteiger partial charge in [0, 0.05) is 12.5 Å². The fourth-order valence-electron chi connectivity index (χ4n) is 1.69. The third-order valence-corrected chi connectivity index (χ3v) is 2.39. The van der Waals surface area contributed by atoms with Crippen LogP contribution in [0.5, 0.6) is 0 Å². The summed E-state index contributed by atoms with van der Waals surface area (Å²) in [4.78, 5) is 0. The highest BCUT2D eigenvalue weighted by atomic mass is 16.5. The molecule has 0 amide bonds. The third-order valence-electron chi connectivity index (χ3n) is 2.39. The van der Waals surface area contributed by atoms with Crippen molar-refractivity contribution in [2.75, 3.05) is 13.2 Å². The van der Waals surface area contributed by atoms with E-state index in [0.717, 1.165) is 13.2 Å². The summed E-state index contributed by atoms with van der Waals surface area (Å²) in [6, 6.07) is 0. The monoisotopic (exact) mass is 166 g/mol. The molecule has 0 radical (unpaired) electrons. The zero-order valence-electron chi connectivity index (χ0n) is 7.11. The molecule has 1 fully saturated rings. The molecule has 2 rings (SSSR count). The highest BCUT2D eigenvalue weighted by Gasteiger charge is 2.23. The fraction of sp³-hybridized carbons (Fsp3) is 0.600. The van der Waals surface area contributed by atoms with E-state index in [1.807, 2.05) is 12.2 Å². The molecule has 0 N–H and O–H groups in total. The summed E-state index contributed by atoms with van der Waals surface area (Å²) in [5, 5.41) is 0. The molecule has 1 saturated heterocycles. The van der Waals surface area contributed by atoms with Gasteiger partial charge in [-0.3, -0.25) is 0 Å². The van der Waals surface area contributed by atoms with E-state index in [-0.39, 0.29) is 6.10 Å². The van der Waals surface area contributed by atoms with E-state index >= 15 is 0 Å². The maximum Gasteiger partial charge on any atom is 0.121 e. The number of hydrogen-bond donors (Lipinski definition) is 0. The van der Waals surface area contributed by atoms with Gasteiger partial charge in [-0.25, -0.2) is 0 Å². The number of allylic oxidation sites excluding steroid dienone is 2. The highest BCUT2D eigenvalue weighted by Crippen LogP contribution is 2.22. The molecule has 12 heavy (non-hydrogen) atoms. The van der Waals surface area contributed by atoms with Crippen LogP contribution >= 0.6 is 0 Å². The van der Waals surface area contributed by atoms with Crippen molar-refractivity contribution >= 4 is 0 Å². The van der Waals surface area contributed by atoms with Crippen molar-refractivity contribution < 1.29 is 9.47 Å². The van der Waals surface area contributed by atoms with Crippen molar-refractivity contribution in [3.8, 4) is 0 Å². The lowest BCUT2D eigenvalue weighted by atomic mass is 9.95. The Kier molecular flexibility index (Phi) is 2.47. The van der Waals surface area contributed by atoms with Crippen molar-refractivity contribution in [3.05, 3.63) is 24.5 Å². The van der Waals surface area contributed by atoms with Crippen LogP contribution in [0.15, 0.2) is 24.5 Å². The van der Waals surface area contributed by atoms with Gasteiger partial charge in [-0.2, -0.15) is 0 Å². The second-order valence-electron chi connectivity index (χ2n) is 3.29. The number of hydrogen-bond acceptors (Lipinski definition) is 2. The summed E-state index contributed by atoms with van der Waals surface area (Å²) in [6.45, 7) is 1.77. The number of rotatable bonds is 1. The van der Waals surface area contributed by atoms with E-state index in [0.29, 0.717) is 5.92 Å². The van der Waals surface area contributed by atoms with E-state index in [1.165, 1.54) is 12.8 Å². The first-order valence-electron chi connectivity index (χ1n) is 4.53. The predicted molar refractivity (Wildman–Crippen MR) is 46.7 cm³/mol. The Bertz CT molecular complexity index is 190. The molecule has 0 aromatic carbocycles. The molecule has 2 heterocycles. The molecule has 0 aromatic heterocycles. The van der Waals surface area contributed by atoms with Crippen molar-refractivity contribution in [2.24, 2.45) is 5.92 Å². The number of ether oxygens (including phenoxy) is 2. The second-order valence-corrected chi connectivity index (χ2v) is 3.29. The van der Waals surface area contributed by atoms with Crippen LogP contribution < -0.4 is 0 Å². The van der Waals surface area contributed by atoms with Crippen LogP contribution in [0.3, 0.4) is 0 Å². The highest BCUT2D eigenvalue weighted by molar-refractivity contribution is 5.08. The standard InChI is InChI=1S/C10H14O2/c1-2-7-12-10(5-1)9-4-3-6-11-8-9/h1-2,5,7,9-10H,3-4,6,8H2. The topological polar surface area (TPSA) is 18.5 Å². The van der Waals surface area contributed by atoms with Crippen LogP contribution in [0, 0.1) is 5.92 Å². The summed E-state index contributed by atoms with van der Waals surface area (Å²) >= 11 is 0. The molecule has 2 aliphatic rings. The first-order valence-corrected chi connectivity index (χ1v) is 4.53. The fourth-order valence-corrected chi connectivity index (χ4v) is 1.69. The minimum absolute atomic E-state index is 0.246. The van der Waals surface area contributed by atoms with E-state index in [9.17, 15) is 0 Å². The lowest BCUT2D eigenvalue weighted by Crippen LogP contribution is -2.29. The minimum Gasteiger partial charge on any atom is -0.494 e. The third kappa shape index (κ3) is 1.69. The molecule has 0 aromatic rings. The van der Waals surface area contributed by atoms with E-state index in [2.05, 4.69) is 6.08 Å². The van der Waals surface area contributed by atoms with Crippen LogP contribution in [-0.4, -0.2) is 19.3 Å². The van der Waals surface area contributed by atoms with Gasteiger partial charge in [0.1, 0.15) is 6.10 Å². The van der Waals surface area contributed by atoms with Crippen LogP contribution in [0.25, 0.3) is 0 Å². The molecule has 0 bridgehead atoms. The summed E-state index contributed by atoms with van der Waals surface area (Å²) < 4.78 is 10.9. The SMILES string of the molecule is C1=COC(C2CCCOC2)C=C1. The Morgan fingerprint density at radius 3 is 2.92 bits per heavy atom. The van der Waals surface area contributed by atoms with Crippen molar-refractivity contribution in [1.29, 1.82) is 0 Å². The quantitative estimate of drug-likeness (QED) is 0.592. The summed E-state index contributed by atoms with van der Waals surface area (Å²) in [7, 11) is 0. The molecule has 2 unspecified atom stereocenters. The van der Waals surface area contributed by atoms with Crippen LogP contribution in [0.1, 0.15) is 12.8 Å². The van der Waals surface area contributed by atoms with E-state index in [4.69, 9.17) is 9.47 Å². The van der Waals surface area contributed by atoms with Gasteiger partial charge in [-0.1, -0.05) is 6.08 Å². The maximum atomic E-state index is 5.47. The Labute approximate surface area is 72.9 Å². The van der Waals surface area contributed by atoms with Gasteiger partial charge in [0.15, 0.2) is 0 Å². The average Bonchev–Trinajstić information content (AvgIpc) is 2.21. The van der Waals surface area contributed by atoms with E-state index < -0.39 is 0 Å². The lowest BCUT2D eigenvalue weighted by Gasteiger charge is -2.28. The van der Waals surface area contributed by atoms with Gasteiger partial charge in [0.05, 0.1) is 12.9 Å². The van der Waals surface area contributed by atoms with Gasteiger partial charge in [0.25, 0.3) is 0 Å². The smallest absolute Gasteiger partial charge is 0.121 e. The van der Waals surface area contributed by atoms with Gasteiger partial charge in [-0.05, 0) is 25.0 Å². The molecule has 2 aliphatic heterocycles. The Balaban J connectivity index is 1.90. The maximum absolute atomic E-state index is 5.47. The molecule has 0 spiro atoms. The van der Waals surface area contributed by atoms with Crippen LogP contribution in [0.2, 0.25) is 0 Å². The van der Waals surface area contributed by atoms with Gasteiger partial charge >= 0.3 is 0 Å². The molecular formula is C10H14O2. The molecule has 2 nitrogen and oxygen atoms in total. The summed E-state index contributed by atoms with van der Waals surface area (Å²) in [6.07, 6.45) is 10.5. The zero-order valence-corrected chi connectivity index (χ0v) is 7.11. The summed E-state index contributed by atoms with van der Waals surface area (Å²) in [5.41, 5.74) is 0. The van der Waals surface area contributed by atoms with Gasteiger partial charge in [0.2, 0.25) is 0 Å². The van der Waals surface area contributed by atoms with Crippen molar-refractivity contribution in [3.63, 3.8) is 0 Å². The van der Waals surface area contributed by atoms with Crippen LogP contribution in [0.4, 0.5) is 0 Å². The first-order chi connectivity index (χ1) is 5.97. The second kappa shape index (κ2) is 3.76. The van der Waals surface area contributed by atoms with Crippen molar-refractivity contribution in [1.82, 2.24) is 0 Å². The zero-order chi connectivity index (χ0) is 8.23. The average molecular weight is 166 g/mol. The Hall–Kier alpha value is -0.760. The molecule has 0 aliphatic carbocycles. The summed E-state index contributed by atoms with van der Waals surface area (Å²) in [5.74, 6) is 0.556. The first kappa shape index (κ1) is 7.87. The van der Waals surface area contributed by atoms with Gasteiger partial charge < -0.3 is 9.47 Å². The normalized spacial score (nSPS) is 34.7. The minimum atomic E-state index is 0.246. The molecule has 0 saturated carbocycles. The van der Waals surface area contributed by atoms with Crippen molar-refractivity contribution in [2.45, 2.75) is 18.9 Å². The molecular weight excluding hydrogens is 152 g/mol.